The van der Waals surface area contributed by atoms with Gasteiger partial charge in [0.25, 0.3) is 0 Å². The fraction of sp³-hybridized carbons (Fsp3) is 0.273. The van der Waals surface area contributed by atoms with E-state index in [1.165, 1.54) is 4.31 Å². The Morgan fingerprint density at radius 1 is 0.900 bits per heavy atom. The molecule has 0 spiro atoms. The van der Waals surface area contributed by atoms with Crippen LogP contribution in [0.25, 0.3) is 11.3 Å². The highest BCUT2D eigenvalue weighted by atomic mass is 32.2. The van der Waals surface area contributed by atoms with E-state index in [9.17, 15) is 8.42 Å². The topological polar surface area (TPSA) is 75.6 Å². The van der Waals surface area contributed by atoms with Gasteiger partial charge in [0.1, 0.15) is 5.75 Å². The van der Waals surface area contributed by atoms with Crippen molar-refractivity contribution in [1.82, 2.24) is 14.5 Å². The van der Waals surface area contributed by atoms with Crippen molar-refractivity contribution in [3.8, 4) is 17.0 Å². The van der Waals surface area contributed by atoms with Crippen LogP contribution in [0.3, 0.4) is 0 Å². The van der Waals surface area contributed by atoms with E-state index < -0.39 is 10.0 Å². The van der Waals surface area contributed by atoms with Crippen molar-refractivity contribution in [2.75, 3.05) is 38.2 Å². The third kappa shape index (κ3) is 4.15. The number of benzene rings is 2. The fourth-order valence-corrected chi connectivity index (χ4v) is 5.04. The summed E-state index contributed by atoms with van der Waals surface area (Å²) in [7, 11) is -1.85. The zero-order chi connectivity index (χ0) is 21.1. The number of sulfonamides is 1. The number of nitrogens with zero attached hydrogens (tertiary/aromatic N) is 4. The van der Waals surface area contributed by atoms with Crippen LogP contribution in [0.5, 0.6) is 5.75 Å². The average molecular weight is 425 g/mol. The first-order valence-electron chi connectivity index (χ1n) is 9.77. The van der Waals surface area contributed by atoms with Crippen molar-refractivity contribution in [2.45, 2.75) is 11.8 Å². The van der Waals surface area contributed by atoms with E-state index in [4.69, 9.17) is 4.74 Å². The smallest absolute Gasteiger partial charge is 0.243 e. The van der Waals surface area contributed by atoms with Crippen LogP contribution in [0, 0.1) is 6.92 Å². The lowest BCUT2D eigenvalue weighted by molar-refractivity contribution is 0.383. The molecule has 1 aliphatic heterocycles. The van der Waals surface area contributed by atoms with Crippen LogP contribution in [0.2, 0.25) is 0 Å². The lowest BCUT2D eigenvalue weighted by Crippen LogP contribution is -2.49. The summed E-state index contributed by atoms with van der Waals surface area (Å²) in [5.74, 6) is 1.51. The Balaban J connectivity index is 1.44. The normalized spacial score (nSPS) is 15.2. The van der Waals surface area contributed by atoms with Gasteiger partial charge < -0.3 is 9.64 Å². The van der Waals surface area contributed by atoms with E-state index in [2.05, 4.69) is 15.1 Å². The van der Waals surface area contributed by atoms with Gasteiger partial charge in [-0.25, -0.2) is 8.42 Å². The van der Waals surface area contributed by atoms with Crippen molar-refractivity contribution in [2.24, 2.45) is 0 Å². The molecule has 0 N–H and O–H groups in total. The van der Waals surface area contributed by atoms with Gasteiger partial charge >= 0.3 is 0 Å². The minimum Gasteiger partial charge on any atom is -0.497 e. The molecule has 8 heteroatoms. The molecule has 0 amide bonds. The highest BCUT2D eigenvalue weighted by Gasteiger charge is 2.29. The molecule has 30 heavy (non-hydrogen) atoms. The first-order chi connectivity index (χ1) is 14.5. The Bertz CT molecular complexity index is 1130. The van der Waals surface area contributed by atoms with Gasteiger partial charge in [-0.15, -0.1) is 10.2 Å². The molecule has 1 aromatic heterocycles. The van der Waals surface area contributed by atoms with Gasteiger partial charge in [0, 0.05) is 31.7 Å². The van der Waals surface area contributed by atoms with Crippen LogP contribution < -0.4 is 9.64 Å². The molecule has 4 rings (SSSR count). The quantitative estimate of drug-likeness (QED) is 0.627. The Morgan fingerprint density at radius 2 is 1.67 bits per heavy atom. The monoisotopic (exact) mass is 424 g/mol. The minimum absolute atomic E-state index is 0.346. The molecule has 1 saturated heterocycles. The molecule has 0 aliphatic carbocycles. The Morgan fingerprint density at radius 3 is 2.33 bits per heavy atom. The lowest BCUT2D eigenvalue weighted by Gasteiger charge is -2.34. The number of aromatic nitrogens is 2. The first-order valence-corrected chi connectivity index (χ1v) is 11.2. The fourth-order valence-electron chi connectivity index (χ4n) is 3.51. The number of piperazine rings is 1. The maximum absolute atomic E-state index is 12.9. The van der Waals surface area contributed by atoms with Crippen LogP contribution >= 0.6 is 0 Å². The van der Waals surface area contributed by atoms with E-state index >= 15 is 0 Å². The first kappa shape index (κ1) is 20.3. The molecule has 0 bridgehead atoms. The summed E-state index contributed by atoms with van der Waals surface area (Å²) in [6, 6.07) is 18.6. The van der Waals surface area contributed by atoms with Crippen LogP contribution in [-0.4, -0.2) is 56.2 Å². The van der Waals surface area contributed by atoms with Crippen molar-refractivity contribution in [3.63, 3.8) is 0 Å². The van der Waals surface area contributed by atoms with Crippen molar-refractivity contribution < 1.29 is 13.2 Å². The Kier molecular flexibility index (Phi) is 5.69. The standard InChI is InChI=1S/C22H24N4O3S/c1-17-5-3-8-20(15-17)30(27,28)26-13-11-25(12-14-26)22-10-9-21(23-24-22)18-6-4-7-19(16-18)29-2/h3-10,15-16H,11-14H2,1-2H3. The van der Waals surface area contributed by atoms with Crippen LogP contribution in [-0.2, 0) is 10.0 Å². The van der Waals surface area contributed by atoms with Crippen molar-refractivity contribution in [3.05, 3.63) is 66.2 Å². The summed E-state index contributed by atoms with van der Waals surface area (Å²) in [6.45, 7) is 3.85. The van der Waals surface area contributed by atoms with Crippen molar-refractivity contribution >= 4 is 15.8 Å². The van der Waals surface area contributed by atoms with E-state index in [-0.39, 0.29) is 0 Å². The molecular weight excluding hydrogens is 400 g/mol. The average Bonchev–Trinajstić information content (AvgIpc) is 2.79. The van der Waals surface area contributed by atoms with Crippen molar-refractivity contribution in [1.29, 1.82) is 0 Å². The molecule has 1 fully saturated rings. The summed E-state index contributed by atoms with van der Waals surface area (Å²) in [6.07, 6.45) is 0. The molecule has 3 aromatic rings. The molecule has 2 heterocycles. The number of hydrogen-bond donors (Lipinski definition) is 0. The highest BCUT2D eigenvalue weighted by Crippen LogP contribution is 2.24. The summed E-state index contributed by atoms with van der Waals surface area (Å²) in [4.78, 5) is 2.41. The second-order valence-electron chi connectivity index (χ2n) is 7.22. The molecular formula is C22H24N4O3S. The minimum atomic E-state index is -3.48. The predicted molar refractivity (Wildman–Crippen MR) is 116 cm³/mol. The highest BCUT2D eigenvalue weighted by molar-refractivity contribution is 7.89. The Hall–Kier alpha value is -2.97. The van der Waals surface area contributed by atoms with Gasteiger partial charge in [0.15, 0.2) is 5.82 Å². The number of methoxy groups -OCH3 is 1. The zero-order valence-electron chi connectivity index (χ0n) is 17.0. The number of ether oxygens (including phenoxy) is 1. The van der Waals surface area contributed by atoms with Crippen LogP contribution in [0.1, 0.15) is 5.56 Å². The molecule has 0 radical (unpaired) electrons. The molecule has 0 saturated carbocycles. The van der Waals surface area contributed by atoms with Crippen LogP contribution in [0.4, 0.5) is 5.82 Å². The van der Waals surface area contributed by atoms with Gasteiger partial charge in [-0.3, -0.25) is 0 Å². The van der Waals surface area contributed by atoms with Gasteiger partial charge in [-0.1, -0.05) is 24.3 Å². The molecule has 156 valence electrons. The summed E-state index contributed by atoms with van der Waals surface area (Å²) in [5, 5.41) is 8.70. The SMILES string of the molecule is COc1cccc(-c2ccc(N3CCN(S(=O)(=O)c4cccc(C)c4)CC3)nn2)c1. The third-order valence-electron chi connectivity index (χ3n) is 5.21. The molecule has 0 unspecified atom stereocenters. The number of aryl methyl sites for hydroxylation is 1. The summed E-state index contributed by atoms with van der Waals surface area (Å²) < 4.78 is 32.6. The molecule has 7 nitrogen and oxygen atoms in total. The second kappa shape index (κ2) is 8.41. The van der Waals surface area contributed by atoms with E-state index in [1.807, 2.05) is 49.4 Å². The second-order valence-corrected chi connectivity index (χ2v) is 9.15. The largest absolute Gasteiger partial charge is 0.497 e. The van der Waals surface area contributed by atoms with E-state index in [0.717, 1.165) is 28.4 Å². The van der Waals surface area contributed by atoms with Gasteiger partial charge in [-0.2, -0.15) is 4.31 Å². The number of hydrogen-bond acceptors (Lipinski definition) is 6. The van der Waals surface area contributed by atoms with E-state index in [0.29, 0.717) is 31.1 Å². The number of anilines is 1. The van der Waals surface area contributed by atoms with Gasteiger partial charge in [0.2, 0.25) is 10.0 Å². The van der Waals surface area contributed by atoms with E-state index in [1.54, 1.807) is 25.3 Å². The molecule has 1 aliphatic rings. The maximum atomic E-state index is 12.9. The van der Waals surface area contributed by atoms with Crippen LogP contribution in [0.15, 0.2) is 65.6 Å². The summed E-state index contributed by atoms with van der Waals surface area (Å²) in [5.41, 5.74) is 2.63. The molecule has 2 aromatic carbocycles. The predicted octanol–water partition coefficient (Wildman–Crippen LogP) is 2.97. The summed E-state index contributed by atoms with van der Waals surface area (Å²) >= 11 is 0. The van der Waals surface area contributed by atoms with Gasteiger partial charge in [0.05, 0.1) is 17.7 Å². The maximum Gasteiger partial charge on any atom is 0.243 e. The van der Waals surface area contributed by atoms with Gasteiger partial charge in [-0.05, 0) is 48.9 Å². The zero-order valence-corrected chi connectivity index (χ0v) is 17.8. The number of rotatable bonds is 5. The lowest BCUT2D eigenvalue weighted by atomic mass is 10.1. The Labute approximate surface area is 177 Å². The third-order valence-corrected chi connectivity index (χ3v) is 7.10. The molecule has 0 atom stereocenters.